The highest BCUT2D eigenvalue weighted by molar-refractivity contribution is 6.35. The zero-order valence-corrected chi connectivity index (χ0v) is 13.1. The van der Waals surface area contributed by atoms with Gasteiger partial charge in [-0.25, -0.2) is 0 Å². The first-order valence-electron chi connectivity index (χ1n) is 6.73. The molecule has 1 unspecified atom stereocenters. The zero-order valence-electron chi connectivity index (χ0n) is 11.5. The number of aliphatic hydroxyl groups excluding tert-OH is 1. The summed E-state index contributed by atoms with van der Waals surface area (Å²) in [4.78, 5) is 4.08. The molecule has 3 rings (SSSR count). The average Bonchev–Trinajstić information content (AvgIpc) is 2.52. The molecule has 0 amide bonds. The molecule has 0 saturated carbocycles. The van der Waals surface area contributed by atoms with Gasteiger partial charge in [-0.2, -0.15) is 0 Å². The van der Waals surface area contributed by atoms with Gasteiger partial charge in [0.1, 0.15) is 18.5 Å². The Bertz CT molecular complexity index is 808. The molecule has 0 bridgehead atoms. The van der Waals surface area contributed by atoms with Crippen molar-refractivity contribution in [3.8, 4) is 5.75 Å². The number of aromatic nitrogens is 1. The number of halogens is 2. The molecule has 0 saturated heterocycles. The van der Waals surface area contributed by atoms with Crippen molar-refractivity contribution < 1.29 is 9.84 Å². The summed E-state index contributed by atoms with van der Waals surface area (Å²) in [5.74, 6) is 0.671. The number of hydrogen-bond acceptors (Lipinski definition) is 3. The van der Waals surface area contributed by atoms with E-state index in [-0.39, 0.29) is 6.61 Å². The number of aliphatic hydroxyl groups is 1. The Labute approximate surface area is 138 Å². The van der Waals surface area contributed by atoms with Crippen LogP contribution >= 0.6 is 23.2 Å². The maximum absolute atomic E-state index is 10.2. The smallest absolute Gasteiger partial charge is 0.120 e. The van der Waals surface area contributed by atoms with Gasteiger partial charge in [-0.05, 0) is 35.7 Å². The molecule has 0 radical (unpaired) electrons. The minimum atomic E-state index is -0.825. The lowest BCUT2D eigenvalue weighted by Crippen LogP contribution is -2.10. The summed E-state index contributed by atoms with van der Waals surface area (Å²) in [7, 11) is 0. The van der Waals surface area contributed by atoms with Crippen LogP contribution in [-0.2, 0) is 0 Å². The summed E-state index contributed by atoms with van der Waals surface area (Å²) < 4.78 is 5.65. The van der Waals surface area contributed by atoms with Gasteiger partial charge in [0.05, 0.1) is 0 Å². The second-order valence-corrected chi connectivity index (χ2v) is 5.72. The van der Waals surface area contributed by atoms with Crippen molar-refractivity contribution in [1.29, 1.82) is 0 Å². The van der Waals surface area contributed by atoms with Crippen molar-refractivity contribution in [2.75, 3.05) is 6.61 Å². The Kier molecular flexibility index (Phi) is 4.48. The van der Waals surface area contributed by atoms with Crippen molar-refractivity contribution in [2.24, 2.45) is 0 Å². The first-order valence-corrected chi connectivity index (χ1v) is 7.48. The molecule has 22 heavy (non-hydrogen) atoms. The molecule has 112 valence electrons. The van der Waals surface area contributed by atoms with Gasteiger partial charge in [0.2, 0.25) is 0 Å². The van der Waals surface area contributed by atoms with E-state index < -0.39 is 6.10 Å². The van der Waals surface area contributed by atoms with E-state index in [0.717, 1.165) is 10.8 Å². The van der Waals surface area contributed by atoms with Gasteiger partial charge in [0.25, 0.3) is 0 Å². The van der Waals surface area contributed by atoms with Crippen molar-refractivity contribution in [3.05, 3.63) is 70.5 Å². The summed E-state index contributed by atoms with van der Waals surface area (Å²) >= 11 is 11.9. The maximum atomic E-state index is 10.2. The Morgan fingerprint density at radius 2 is 1.91 bits per heavy atom. The number of benzene rings is 2. The maximum Gasteiger partial charge on any atom is 0.120 e. The molecule has 1 aromatic heterocycles. The molecule has 0 spiro atoms. The highest BCUT2D eigenvalue weighted by Crippen LogP contribution is 2.27. The third-order valence-electron chi connectivity index (χ3n) is 3.34. The van der Waals surface area contributed by atoms with Gasteiger partial charge >= 0.3 is 0 Å². The van der Waals surface area contributed by atoms with Crippen LogP contribution in [0.25, 0.3) is 10.8 Å². The van der Waals surface area contributed by atoms with Crippen LogP contribution in [0, 0.1) is 0 Å². The van der Waals surface area contributed by atoms with E-state index >= 15 is 0 Å². The SMILES string of the molecule is OC(COc1ccc2ccncc2c1)c1ccc(Cl)cc1Cl. The number of rotatable bonds is 4. The molecule has 2 aromatic carbocycles. The van der Waals surface area contributed by atoms with Gasteiger partial charge in [-0.3, -0.25) is 4.98 Å². The number of fused-ring (bicyclic) bond motifs is 1. The molecular formula is C17H13Cl2NO2. The molecule has 1 atom stereocenters. The fourth-order valence-electron chi connectivity index (χ4n) is 2.19. The Morgan fingerprint density at radius 3 is 2.73 bits per heavy atom. The van der Waals surface area contributed by atoms with Crippen LogP contribution in [0.3, 0.4) is 0 Å². The molecule has 0 aliphatic carbocycles. The lowest BCUT2D eigenvalue weighted by Gasteiger charge is -2.14. The fraction of sp³-hybridized carbons (Fsp3) is 0.118. The van der Waals surface area contributed by atoms with Crippen molar-refractivity contribution in [2.45, 2.75) is 6.10 Å². The summed E-state index contributed by atoms with van der Waals surface area (Å²) in [6.45, 7) is 0.104. The van der Waals surface area contributed by atoms with E-state index in [4.69, 9.17) is 27.9 Å². The first-order chi connectivity index (χ1) is 10.6. The molecular weight excluding hydrogens is 321 g/mol. The van der Waals surface area contributed by atoms with Gasteiger partial charge < -0.3 is 9.84 Å². The highest BCUT2D eigenvalue weighted by atomic mass is 35.5. The third-order valence-corrected chi connectivity index (χ3v) is 3.90. The van der Waals surface area contributed by atoms with Crippen LogP contribution in [0.5, 0.6) is 5.75 Å². The summed E-state index contributed by atoms with van der Waals surface area (Å²) in [6.07, 6.45) is 2.69. The zero-order chi connectivity index (χ0) is 15.5. The van der Waals surface area contributed by atoms with Crippen molar-refractivity contribution in [3.63, 3.8) is 0 Å². The number of hydrogen-bond donors (Lipinski definition) is 1. The molecule has 0 aliphatic rings. The molecule has 5 heteroatoms. The quantitative estimate of drug-likeness (QED) is 0.755. The Hall–Kier alpha value is -1.81. The lowest BCUT2D eigenvalue weighted by atomic mass is 10.1. The minimum Gasteiger partial charge on any atom is -0.491 e. The van der Waals surface area contributed by atoms with Crippen LogP contribution in [0.2, 0.25) is 10.0 Å². The van der Waals surface area contributed by atoms with Crippen LogP contribution in [0.15, 0.2) is 54.9 Å². The third kappa shape index (κ3) is 3.33. The molecule has 3 nitrogen and oxygen atoms in total. The minimum absolute atomic E-state index is 0.104. The van der Waals surface area contributed by atoms with Gasteiger partial charge in [0, 0.05) is 33.4 Å². The lowest BCUT2D eigenvalue weighted by molar-refractivity contribution is 0.108. The second kappa shape index (κ2) is 6.53. The van der Waals surface area contributed by atoms with E-state index in [1.54, 1.807) is 30.6 Å². The molecule has 1 heterocycles. The molecule has 1 N–H and O–H groups in total. The van der Waals surface area contributed by atoms with E-state index in [1.165, 1.54) is 0 Å². The number of pyridine rings is 1. The molecule has 3 aromatic rings. The summed E-state index contributed by atoms with van der Waals surface area (Å²) in [6, 6.07) is 12.6. The van der Waals surface area contributed by atoms with E-state index in [0.29, 0.717) is 21.4 Å². The van der Waals surface area contributed by atoms with Crippen LogP contribution in [-0.4, -0.2) is 16.7 Å². The normalized spacial score (nSPS) is 12.3. The van der Waals surface area contributed by atoms with Crippen molar-refractivity contribution >= 4 is 34.0 Å². The number of ether oxygens (including phenoxy) is 1. The first kappa shape index (κ1) is 15.1. The van der Waals surface area contributed by atoms with Crippen LogP contribution < -0.4 is 4.74 Å². The summed E-state index contributed by atoms with van der Waals surface area (Å²) in [5.41, 5.74) is 0.591. The van der Waals surface area contributed by atoms with Crippen molar-refractivity contribution in [1.82, 2.24) is 4.98 Å². The summed E-state index contributed by atoms with van der Waals surface area (Å²) in [5, 5.41) is 13.2. The second-order valence-electron chi connectivity index (χ2n) is 4.88. The van der Waals surface area contributed by atoms with E-state index in [1.807, 2.05) is 24.3 Å². The van der Waals surface area contributed by atoms with E-state index in [2.05, 4.69) is 4.98 Å². The van der Waals surface area contributed by atoms with Crippen LogP contribution in [0.4, 0.5) is 0 Å². The van der Waals surface area contributed by atoms with Gasteiger partial charge in [-0.15, -0.1) is 0 Å². The highest BCUT2D eigenvalue weighted by Gasteiger charge is 2.13. The monoisotopic (exact) mass is 333 g/mol. The Morgan fingerprint density at radius 1 is 1.05 bits per heavy atom. The molecule has 0 fully saturated rings. The van der Waals surface area contributed by atoms with Crippen LogP contribution in [0.1, 0.15) is 11.7 Å². The van der Waals surface area contributed by atoms with Gasteiger partial charge in [-0.1, -0.05) is 35.3 Å². The predicted molar refractivity (Wildman–Crippen MR) is 88.7 cm³/mol. The topological polar surface area (TPSA) is 42.4 Å². The predicted octanol–water partition coefficient (Wildman–Crippen LogP) is 4.65. The van der Waals surface area contributed by atoms with E-state index in [9.17, 15) is 5.11 Å². The largest absolute Gasteiger partial charge is 0.491 e. The average molecular weight is 334 g/mol. The number of nitrogens with zero attached hydrogens (tertiary/aromatic N) is 1. The van der Waals surface area contributed by atoms with Gasteiger partial charge in [0.15, 0.2) is 0 Å². The molecule has 0 aliphatic heterocycles. The standard InChI is InChI=1S/C17H13Cl2NO2/c18-13-2-4-15(16(19)8-13)17(21)10-22-14-3-1-11-5-6-20-9-12(11)7-14/h1-9,17,21H,10H2. The Balaban J connectivity index is 1.72. The fourth-order valence-corrected chi connectivity index (χ4v) is 2.72.